The number of benzene rings is 1. The predicted octanol–water partition coefficient (Wildman–Crippen LogP) is 3.38. The van der Waals surface area contributed by atoms with Gasteiger partial charge in [0.2, 0.25) is 0 Å². The molecule has 0 radical (unpaired) electrons. The molecule has 0 aromatic heterocycles. The van der Waals surface area contributed by atoms with Gasteiger partial charge in [-0.1, -0.05) is 30.3 Å². The third-order valence-electron chi connectivity index (χ3n) is 4.14. The number of carbonyl (C=O) groups excluding carboxylic acids is 2. The van der Waals surface area contributed by atoms with Crippen LogP contribution in [0, 0.1) is 5.92 Å². The number of nitrogens with zero attached hydrogens (tertiary/aromatic N) is 1. The molecule has 1 aromatic carbocycles. The molecule has 0 aliphatic carbocycles. The van der Waals surface area contributed by atoms with E-state index >= 15 is 0 Å². The number of ether oxygens (including phenoxy) is 2. The molecule has 0 N–H and O–H groups in total. The molecule has 1 saturated heterocycles. The van der Waals surface area contributed by atoms with Crippen LogP contribution < -0.4 is 0 Å². The number of carbonyl (C=O) groups is 2. The first kappa shape index (κ1) is 17.3. The summed E-state index contributed by atoms with van der Waals surface area (Å²) in [5, 5.41) is 0. The normalized spacial score (nSPS) is 15.3. The van der Waals surface area contributed by atoms with Crippen molar-refractivity contribution in [1.29, 1.82) is 0 Å². The molecule has 1 amide bonds. The Hall–Kier alpha value is -2.04. The average molecular weight is 319 g/mol. The quantitative estimate of drug-likeness (QED) is 0.754. The van der Waals surface area contributed by atoms with Crippen molar-refractivity contribution >= 4 is 12.1 Å². The van der Waals surface area contributed by atoms with Crippen LogP contribution in [0.15, 0.2) is 30.3 Å². The van der Waals surface area contributed by atoms with Crippen LogP contribution in [0.2, 0.25) is 0 Å². The summed E-state index contributed by atoms with van der Waals surface area (Å²) < 4.78 is 10.3. The van der Waals surface area contributed by atoms with Crippen molar-refractivity contribution in [2.24, 2.45) is 5.92 Å². The van der Waals surface area contributed by atoms with Crippen LogP contribution in [-0.2, 0) is 20.9 Å². The highest BCUT2D eigenvalue weighted by molar-refractivity contribution is 5.69. The van der Waals surface area contributed by atoms with Crippen LogP contribution in [0.5, 0.6) is 0 Å². The van der Waals surface area contributed by atoms with Crippen molar-refractivity contribution in [3.05, 3.63) is 35.9 Å². The Labute approximate surface area is 137 Å². The van der Waals surface area contributed by atoms with Crippen LogP contribution in [-0.4, -0.2) is 36.7 Å². The molecule has 1 aromatic rings. The molecule has 126 valence electrons. The van der Waals surface area contributed by atoms with E-state index in [0.717, 1.165) is 24.8 Å². The number of likely N-dealkylation sites (tertiary alicyclic amines) is 1. The van der Waals surface area contributed by atoms with Crippen molar-refractivity contribution in [2.75, 3.05) is 19.7 Å². The second-order valence-electron chi connectivity index (χ2n) is 5.81. The van der Waals surface area contributed by atoms with E-state index in [1.54, 1.807) is 4.90 Å². The summed E-state index contributed by atoms with van der Waals surface area (Å²) in [6.07, 6.45) is 2.89. The minimum atomic E-state index is -0.252. The Kier molecular flexibility index (Phi) is 6.91. The summed E-state index contributed by atoms with van der Waals surface area (Å²) in [5.74, 6) is 0.356. The number of hydrogen-bond acceptors (Lipinski definition) is 4. The lowest BCUT2D eigenvalue weighted by molar-refractivity contribution is -0.143. The molecule has 2 rings (SSSR count). The fraction of sp³-hybridized carbons (Fsp3) is 0.556. The van der Waals surface area contributed by atoms with Gasteiger partial charge in [-0.25, -0.2) is 4.79 Å². The van der Waals surface area contributed by atoms with E-state index in [-0.39, 0.29) is 12.1 Å². The minimum absolute atomic E-state index is 0.128. The van der Waals surface area contributed by atoms with Crippen molar-refractivity contribution in [1.82, 2.24) is 4.90 Å². The number of esters is 1. The van der Waals surface area contributed by atoms with Gasteiger partial charge in [-0.15, -0.1) is 0 Å². The third-order valence-corrected chi connectivity index (χ3v) is 4.14. The Morgan fingerprint density at radius 1 is 1.13 bits per heavy atom. The molecule has 0 spiro atoms. The van der Waals surface area contributed by atoms with Gasteiger partial charge in [-0.3, -0.25) is 4.79 Å². The zero-order valence-corrected chi connectivity index (χ0v) is 13.7. The molecule has 0 saturated carbocycles. The second-order valence-corrected chi connectivity index (χ2v) is 5.81. The molecular formula is C18H25NO4. The van der Waals surface area contributed by atoms with E-state index in [1.807, 2.05) is 37.3 Å². The number of rotatable bonds is 6. The standard InChI is InChI=1S/C18H25NO4/c1-2-22-17(20)9-8-15-10-12-19(13-11-15)18(21)23-14-16-6-4-3-5-7-16/h3-7,15H,2,8-14H2,1H3. The monoisotopic (exact) mass is 319 g/mol. The van der Waals surface area contributed by atoms with Crippen molar-refractivity contribution in [3.63, 3.8) is 0 Å². The lowest BCUT2D eigenvalue weighted by Gasteiger charge is -2.31. The van der Waals surface area contributed by atoms with Gasteiger partial charge < -0.3 is 14.4 Å². The highest BCUT2D eigenvalue weighted by atomic mass is 16.6. The molecule has 1 aliphatic rings. The summed E-state index contributed by atoms with van der Waals surface area (Å²) in [4.78, 5) is 25.2. The van der Waals surface area contributed by atoms with Crippen molar-refractivity contribution < 1.29 is 19.1 Å². The van der Waals surface area contributed by atoms with Crippen LogP contribution in [0.1, 0.15) is 38.2 Å². The summed E-state index contributed by atoms with van der Waals surface area (Å²) in [6.45, 7) is 3.95. The lowest BCUT2D eigenvalue weighted by Crippen LogP contribution is -2.38. The third kappa shape index (κ3) is 5.93. The Bertz CT molecular complexity index is 495. The molecule has 5 heteroatoms. The first-order valence-corrected chi connectivity index (χ1v) is 8.30. The lowest BCUT2D eigenvalue weighted by atomic mass is 9.92. The topological polar surface area (TPSA) is 55.8 Å². The number of hydrogen-bond donors (Lipinski definition) is 0. The van der Waals surface area contributed by atoms with Gasteiger partial charge in [0.1, 0.15) is 6.61 Å². The van der Waals surface area contributed by atoms with Crippen molar-refractivity contribution in [2.45, 2.75) is 39.2 Å². The smallest absolute Gasteiger partial charge is 0.410 e. The predicted molar refractivity (Wildman–Crippen MR) is 86.8 cm³/mol. The number of amides is 1. The highest BCUT2D eigenvalue weighted by Crippen LogP contribution is 2.22. The van der Waals surface area contributed by atoms with Crippen LogP contribution in [0.4, 0.5) is 4.79 Å². The van der Waals surface area contributed by atoms with Gasteiger partial charge in [0.15, 0.2) is 0 Å². The Balaban J connectivity index is 1.65. The first-order valence-electron chi connectivity index (χ1n) is 8.30. The number of piperidine rings is 1. The molecule has 1 fully saturated rings. The highest BCUT2D eigenvalue weighted by Gasteiger charge is 2.24. The summed E-state index contributed by atoms with van der Waals surface area (Å²) >= 11 is 0. The summed E-state index contributed by atoms with van der Waals surface area (Å²) in [6, 6.07) is 9.67. The van der Waals surface area contributed by atoms with Gasteiger partial charge in [-0.2, -0.15) is 0 Å². The van der Waals surface area contributed by atoms with E-state index < -0.39 is 0 Å². The van der Waals surface area contributed by atoms with Crippen LogP contribution >= 0.6 is 0 Å². The largest absolute Gasteiger partial charge is 0.466 e. The SMILES string of the molecule is CCOC(=O)CCC1CCN(C(=O)OCc2ccccc2)CC1. The Morgan fingerprint density at radius 2 is 1.83 bits per heavy atom. The van der Waals surface area contributed by atoms with Crippen molar-refractivity contribution in [3.8, 4) is 0 Å². The molecule has 1 aliphatic heterocycles. The maximum absolute atomic E-state index is 12.1. The van der Waals surface area contributed by atoms with E-state index in [1.165, 1.54) is 0 Å². The van der Waals surface area contributed by atoms with Gasteiger partial charge >= 0.3 is 12.1 Å². The maximum atomic E-state index is 12.1. The maximum Gasteiger partial charge on any atom is 0.410 e. The second kappa shape index (κ2) is 9.18. The van der Waals surface area contributed by atoms with Gasteiger partial charge in [0.25, 0.3) is 0 Å². The zero-order valence-electron chi connectivity index (χ0n) is 13.7. The van der Waals surface area contributed by atoms with E-state index in [4.69, 9.17) is 9.47 Å². The van der Waals surface area contributed by atoms with E-state index in [0.29, 0.717) is 38.6 Å². The zero-order chi connectivity index (χ0) is 16.5. The minimum Gasteiger partial charge on any atom is -0.466 e. The summed E-state index contributed by atoms with van der Waals surface area (Å²) in [7, 11) is 0. The average Bonchev–Trinajstić information content (AvgIpc) is 2.59. The fourth-order valence-corrected chi connectivity index (χ4v) is 2.77. The molecule has 0 unspecified atom stereocenters. The fourth-order valence-electron chi connectivity index (χ4n) is 2.77. The molecule has 1 heterocycles. The molecule has 0 atom stereocenters. The van der Waals surface area contributed by atoms with Gasteiger partial charge in [0, 0.05) is 19.5 Å². The molecule has 0 bridgehead atoms. The van der Waals surface area contributed by atoms with Gasteiger partial charge in [-0.05, 0) is 37.7 Å². The van der Waals surface area contributed by atoms with E-state index in [2.05, 4.69) is 0 Å². The van der Waals surface area contributed by atoms with Gasteiger partial charge in [0.05, 0.1) is 6.61 Å². The molecule has 5 nitrogen and oxygen atoms in total. The van der Waals surface area contributed by atoms with Crippen LogP contribution in [0.3, 0.4) is 0 Å². The van der Waals surface area contributed by atoms with Crippen LogP contribution in [0.25, 0.3) is 0 Å². The first-order chi connectivity index (χ1) is 11.2. The molecule has 23 heavy (non-hydrogen) atoms. The summed E-state index contributed by atoms with van der Waals surface area (Å²) in [5.41, 5.74) is 0.991. The Morgan fingerprint density at radius 3 is 2.48 bits per heavy atom. The van der Waals surface area contributed by atoms with E-state index in [9.17, 15) is 9.59 Å². The molecular weight excluding hydrogens is 294 g/mol.